The zero-order chi connectivity index (χ0) is 17.0. The van der Waals surface area contributed by atoms with Crippen LogP contribution in [-0.4, -0.2) is 47.7 Å². The van der Waals surface area contributed by atoms with Gasteiger partial charge in [0.05, 0.1) is 18.6 Å². The van der Waals surface area contributed by atoms with Crippen molar-refractivity contribution in [3.8, 4) is 0 Å². The summed E-state index contributed by atoms with van der Waals surface area (Å²) in [6.07, 6.45) is 8.52. The highest BCUT2D eigenvalue weighted by molar-refractivity contribution is 7.88. The first kappa shape index (κ1) is 17.1. The maximum Gasteiger partial charge on any atom is 0.211 e. The topological polar surface area (TPSA) is 67.2 Å². The molecule has 0 unspecified atom stereocenters. The maximum atomic E-state index is 11.6. The summed E-state index contributed by atoms with van der Waals surface area (Å²) in [5.41, 5.74) is 1.23. The molecule has 7 heteroatoms. The average molecular weight is 348 g/mol. The van der Waals surface area contributed by atoms with Crippen molar-refractivity contribution in [1.82, 2.24) is 19.2 Å². The Morgan fingerprint density at radius 3 is 2.54 bits per heavy atom. The van der Waals surface area contributed by atoms with Crippen molar-refractivity contribution in [2.75, 3.05) is 19.3 Å². The van der Waals surface area contributed by atoms with Gasteiger partial charge in [0.25, 0.3) is 0 Å². The highest BCUT2D eigenvalue weighted by Gasteiger charge is 2.26. The second-order valence-corrected chi connectivity index (χ2v) is 8.31. The Hall–Kier alpha value is -1.70. The van der Waals surface area contributed by atoms with Crippen LogP contribution in [0.25, 0.3) is 0 Å². The lowest BCUT2D eigenvalue weighted by Gasteiger charge is -2.33. The van der Waals surface area contributed by atoms with Crippen molar-refractivity contribution in [3.05, 3.63) is 54.6 Å². The Kier molecular flexibility index (Phi) is 5.33. The predicted octanol–water partition coefficient (Wildman–Crippen LogP) is 1.64. The number of hydrogen-bond acceptors (Lipinski definition) is 4. The third kappa shape index (κ3) is 4.43. The first-order valence-corrected chi connectivity index (χ1v) is 10.1. The number of benzene rings is 1. The lowest BCUT2D eigenvalue weighted by atomic mass is 10.0. The van der Waals surface area contributed by atoms with E-state index in [4.69, 9.17) is 0 Å². The normalized spacial score (nSPS) is 18.5. The van der Waals surface area contributed by atoms with Crippen LogP contribution in [0.15, 0.2) is 49.1 Å². The molecule has 0 spiro atoms. The van der Waals surface area contributed by atoms with Gasteiger partial charge in [-0.1, -0.05) is 30.3 Å². The van der Waals surface area contributed by atoms with E-state index in [-0.39, 0.29) is 6.04 Å². The minimum absolute atomic E-state index is 0.176. The number of sulfonamides is 1. The van der Waals surface area contributed by atoms with Crippen LogP contribution in [0.4, 0.5) is 0 Å². The standard InChI is InChI=1S/C17H24N4O2S/c1-24(22,23)21-10-7-16(8-11-21)19-17(13-20-12-9-18-14-20)15-5-3-2-4-6-15/h2-6,9,12,14,16-17,19H,7-8,10-11,13H2,1H3/t17-/m1/s1. The van der Waals surface area contributed by atoms with Crippen molar-refractivity contribution in [1.29, 1.82) is 0 Å². The molecule has 1 N–H and O–H groups in total. The van der Waals surface area contributed by atoms with E-state index < -0.39 is 10.0 Å². The van der Waals surface area contributed by atoms with Crippen LogP contribution in [0, 0.1) is 0 Å². The van der Waals surface area contributed by atoms with E-state index >= 15 is 0 Å². The lowest BCUT2D eigenvalue weighted by Crippen LogP contribution is -2.46. The van der Waals surface area contributed by atoms with Crippen molar-refractivity contribution in [3.63, 3.8) is 0 Å². The van der Waals surface area contributed by atoms with E-state index in [0.717, 1.165) is 19.4 Å². The van der Waals surface area contributed by atoms with Crippen LogP contribution in [-0.2, 0) is 16.6 Å². The van der Waals surface area contributed by atoms with Crippen LogP contribution in [0.2, 0.25) is 0 Å². The molecule has 2 aromatic rings. The Bertz CT molecular complexity index is 723. The van der Waals surface area contributed by atoms with Gasteiger partial charge in [-0.15, -0.1) is 0 Å². The summed E-state index contributed by atoms with van der Waals surface area (Å²) >= 11 is 0. The fourth-order valence-corrected chi connectivity index (χ4v) is 4.06. The van der Waals surface area contributed by atoms with Crippen molar-refractivity contribution < 1.29 is 8.42 Å². The molecular weight excluding hydrogens is 324 g/mol. The van der Waals surface area contributed by atoms with E-state index in [1.54, 1.807) is 10.5 Å². The molecule has 1 atom stereocenters. The molecule has 2 heterocycles. The number of rotatable bonds is 6. The lowest BCUT2D eigenvalue weighted by molar-refractivity contribution is 0.267. The predicted molar refractivity (Wildman–Crippen MR) is 94.0 cm³/mol. The summed E-state index contributed by atoms with van der Waals surface area (Å²) in [5.74, 6) is 0. The maximum absolute atomic E-state index is 11.6. The summed E-state index contributed by atoms with van der Waals surface area (Å²) < 4.78 is 26.9. The van der Waals surface area contributed by atoms with Gasteiger partial charge in [-0.25, -0.2) is 17.7 Å². The van der Waals surface area contributed by atoms with Gasteiger partial charge in [-0.3, -0.25) is 0 Å². The number of hydrogen-bond donors (Lipinski definition) is 1. The van der Waals surface area contributed by atoms with Crippen LogP contribution in [0.1, 0.15) is 24.4 Å². The molecular formula is C17H24N4O2S. The minimum atomic E-state index is -3.08. The number of imidazole rings is 1. The van der Waals surface area contributed by atoms with Gasteiger partial charge >= 0.3 is 0 Å². The smallest absolute Gasteiger partial charge is 0.211 e. The summed E-state index contributed by atoms with van der Waals surface area (Å²) in [7, 11) is -3.08. The summed E-state index contributed by atoms with van der Waals surface area (Å²) in [6, 6.07) is 10.9. The first-order chi connectivity index (χ1) is 11.5. The Morgan fingerprint density at radius 2 is 1.96 bits per heavy atom. The van der Waals surface area contributed by atoms with Crippen LogP contribution >= 0.6 is 0 Å². The van der Waals surface area contributed by atoms with Crippen LogP contribution < -0.4 is 5.32 Å². The molecule has 1 aliphatic heterocycles. The number of nitrogens with zero attached hydrogens (tertiary/aromatic N) is 3. The van der Waals surface area contributed by atoms with Gasteiger partial charge in [0.1, 0.15) is 0 Å². The van der Waals surface area contributed by atoms with Gasteiger partial charge in [0.2, 0.25) is 10.0 Å². The number of piperidine rings is 1. The number of aromatic nitrogens is 2. The zero-order valence-corrected chi connectivity index (χ0v) is 14.7. The van der Waals surface area contributed by atoms with Crippen LogP contribution in [0.5, 0.6) is 0 Å². The van der Waals surface area contributed by atoms with E-state index in [1.165, 1.54) is 11.8 Å². The molecule has 1 aromatic carbocycles. The fourth-order valence-electron chi connectivity index (χ4n) is 3.18. The first-order valence-electron chi connectivity index (χ1n) is 8.24. The molecule has 0 bridgehead atoms. The molecule has 0 amide bonds. The molecule has 0 saturated carbocycles. The van der Waals surface area contributed by atoms with E-state index in [2.05, 4.69) is 27.0 Å². The molecule has 130 valence electrons. The molecule has 3 rings (SSSR count). The molecule has 0 radical (unpaired) electrons. The highest BCUT2D eigenvalue weighted by Crippen LogP contribution is 2.20. The summed E-state index contributed by atoms with van der Waals surface area (Å²) in [4.78, 5) is 4.11. The monoisotopic (exact) mass is 348 g/mol. The summed E-state index contributed by atoms with van der Waals surface area (Å²) in [6.45, 7) is 1.97. The Labute approximate surface area is 143 Å². The van der Waals surface area contributed by atoms with Gasteiger partial charge in [-0.05, 0) is 18.4 Å². The molecule has 1 aromatic heterocycles. The van der Waals surface area contributed by atoms with Gasteiger partial charge < -0.3 is 9.88 Å². The quantitative estimate of drug-likeness (QED) is 0.862. The van der Waals surface area contributed by atoms with Crippen molar-refractivity contribution in [2.24, 2.45) is 0 Å². The fraction of sp³-hybridized carbons (Fsp3) is 0.471. The minimum Gasteiger partial charge on any atom is -0.336 e. The Balaban J connectivity index is 1.66. The van der Waals surface area contributed by atoms with Gasteiger partial charge in [0.15, 0.2) is 0 Å². The molecule has 1 fully saturated rings. The van der Waals surface area contributed by atoms with Crippen LogP contribution in [0.3, 0.4) is 0 Å². The number of nitrogens with one attached hydrogen (secondary N) is 1. The van der Waals surface area contributed by atoms with Gasteiger partial charge in [-0.2, -0.15) is 0 Å². The van der Waals surface area contributed by atoms with Crippen molar-refractivity contribution >= 4 is 10.0 Å². The zero-order valence-electron chi connectivity index (χ0n) is 13.9. The molecule has 1 aliphatic rings. The summed E-state index contributed by atoms with van der Waals surface area (Å²) in [5, 5.41) is 3.71. The third-order valence-electron chi connectivity index (χ3n) is 4.51. The van der Waals surface area contributed by atoms with E-state index in [0.29, 0.717) is 19.1 Å². The highest BCUT2D eigenvalue weighted by atomic mass is 32.2. The third-order valence-corrected chi connectivity index (χ3v) is 5.82. The van der Waals surface area contributed by atoms with Crippen molar-refractivity contribution in [2.45, 2.75) is 31.5 Å². The molecule has 6 nitrogen and oxygen atoms in total. The van der Waals surface area contributed by atoms with Gasteiger partial charge in [0, 0.05) is 38.1 Å². The second kappa shape index (κ2) is 7.46. The van der Waals surface area contributed by atoms with E-state index in [1.807, 2.05) is 30.7 Å². The molecule has 1 saturated heterocycles. The Morgan fingerprint density at radius 1 is 1.25 bits per heavy atom. The molecule has 24 heavy (non-hydrogen) atoms. The average Bonchev–Trinajstić information content (AvgIpc) is 3.08. The molecule has 0 aliphatic carbocycles. The second-order valence-electron chi connectivity index (χ2n) is 6.33. The SMILES string of the molecule is CS(=O)(=O)N1CCC(N[C@H](Cn2ccnc2)c2ccccc2)CC1. The van der Waals surface area contributed by atoms with E-state index in [9.17, 15) is 8.42 Å². The largest absolute Gasteiger partial charge is 0.336 e.